The second kappa shape index (κ2) is 8.43. The maximum atomic E-state index is 13.9. The fourth-order valence-corrected chi connectivity index (χ4v) is 4.71. The van der Waals surface area contributed by atoms with E-state index in [1.807, 2.05) is 33.4 Å². The molecule has 0 saturated heterocycles. The van der Waals surface area contributed by atoms with E-state index in [0.717, 1.165) is 52.9 Å². The van der Waals surface area contributed by atoms with Crippen LogP contribution in [0.2, 0.25) is 0 Å². The van der Waals surface area contributed by atoms with Gasteiger partial charge in [-0.2, -0.15) is 0 Å². The Balaban J connectivity index is 1.93. The van der Waals surface area contributed by atoms with E-state index in [2.05, 4.69) is 45.9 Å². The first kappa shape index (κ1) is 21.3. The molecule has 0 radical (unpaired) electrons. The van der Waals surface area contributed by atoms with Crippen LogP contribution in [0.1, 0.15) is 50.1 Å². The molecule has 5 rings (SSSR count). The number of hydrogen-bond donors (Lipinski definition) is 0. The van der Waals surface area contributed by atoms with Gasteiger partial charge in [-0.1, -0.05) is 44.9 Å². The normalized spacial score (nSPS) is 11.8. The van der Waals surface area contributed by atoms with Crippen LogP contribution in [-0.2, 0) is 13.0 Å². The second-order valence-electron chi connectivity index (χ2n) is 8.81. The standard InChI is InChI=1S/C27H29N5O/c1-5-7-10-13-31-22(6-2)30-25-23(27(31)33)24-26(29-21-12-9-8-11-20(21)28-24)32(25)19-15-17(3)14-18(4)16-19/h8-9,11-12,14-16H,5-7,10,13H2,1-4H3. The average molecular weight is 440 g/mol. The molecule has 0 aliphatic heterocycles. The predicted octanol–water partition coefficient (Wildman–Crippen LogP) is 5.65. The molecule has 0 saturated carbocycles. The minimum Gasteiger partial charge on any atom is -0.296 e. The molecule has 0 N–H and O–H groups in total. The molecular formula is C27H29N5O. The van der Waals surface area contributed by atoms with E-state index in [0.29, 0.717) is 35.2 Å². The molecule has 5 aromatic rings. The smallest absolute Gasteiger partial charge is 0.265 e. The van der Waals surface area contributed by atoms with Gasteiger partial charge in [0.1, 0.15) is 16.7 Å². The Kier molecular flexibility index (Phi) is 5.44. The van der Waals surface area contributed by atoms with Crippen molar-refractivity contribution in [2.45, 2.75) is 59.9 Å². The van der Waals surface area contributed by atoms with Crippen molar-refractivity contribution in [1.82, 2.24) is 24.1 Å². The minimum absolute atomic E-state index is 0.0225. The third kappa shape index (κ3) is 3.59. The molecule has 0 aliphatic carbocycles. The van der Waals surface area contributed by atoms with Crippen LogP contribution < -0.4 is 5.56 Å². The molecule has 2 aromatic carbocycles. The van der Waals surface area contributed by atoms with Crippen molar-refractivity contribution in [3.63, 3.8) is 0 Å². The molecule has 0 spiro atoms. The van der Waals surface area contributed by atoms with Gasteiger partial charge in [-0.3, -0.25) is 13.9 Å². The molecule has 3 aromatic heterocycles. The number of rotatable bonds is 6. The predicted molar refractivity (Wildman–Crippen MR) is 134 cm³/mol. The molecule has 0 bridgehead atoms. The van der Waals surface area contributed by atoms with Gasteiger partial charge in [0.25, 0.3) is 5.56 Å². The molecule has 6 nitrogen and oxygen atoms in total. The van der Waals surface area contributed by atoms with Crippen LogP contribution in [0, 0.1) is 13.8 Å². The topological polar surface area (TPSA) is 65.6 Å². The van der Waals surface area contributed by atoms with E-state index in [4.69, 9.17) is 15.0 Å². The molecule has 0 atom stereocenters. The van der Waals surface area contributed by atoms with E-state index < -0.39 is 0 Å². The summed E-state index contributed by atoms with van der Waals surface area (Å²) in [6.45, 7) is 9.06. The highest BCUT2D eigenvalue weighted by molar-refractivity contribution is 6.05. The van der Waals surface area contributed by atoms with Gasteiger partial charge >= 0.3 is 0 Å². The van der Waals surface area contributed by atoms with E-state index in [-0.39, 0.29) is 5.56 Å². The van der Waals surface area contributed by atoms with Gasteiger partial charge in [-0.25, -0.2) is 15.0 Å². The summed E-state index contributed by atoms with van der Waals surface area (Å²) in [4.78, 5) is 28.8. The Morgan fingerprint density at radius 2 is 1.55 bits per heavy atom. The van der Waals surface area contributed by atoms with Crippen LogP contribution in [0.5, 0.6) is 0 Å². The maximum Gasteiger partial charge on any atom is 0.265 e. The summed E-state index contributed by atoms with van der Waals surface area (Å²) in [7, 11) is 0. The number of nitrogens with zero attached hydrogens (tertiary/aromatic N) is 5. The SMILES string of the molecule is CCCCCn1c(CC)nc2c(c1=O)c1nc3ccccc3nc1n2-c1cc(C)cc(C)c1. The fourth-order valence-electron chi connectivity index (χ4n) is 4.71. The lowest BCUT2D eigenvalue weighted by molar-refractivity contribution is 0.560. The first-order valence-electron chi connectivity index (χ1n) is 11.8. The van der Waals surface area contributed by atoms with Crippen molar-refractivity contribution in [2.75, 3.05) is 0 Å². The highest BCUT2D eigenvalue weighted by Crippen LogP contribution is 2.29. The molecule has 3 heterocycles. The van der Waals surface area contributed by atoms with E-state index in [9.17, 15) is 4.79 Å². The number of unbranched alkanes of at least 4 members (excludes halogenated alkanes) is 2. The average Bonchev–Trinajstić information content (AvgIpc) is 3.11. The van der Waals surface area contributed by atoms with Crippen molar-refractivity contribution in [3.05, 3.63) is 69.8 Å². The zero-order valence-corrected chi connectivity index (χ0v) is 19.7. The molecule has 168 valence electrons. The third-order valence-corrected chi connectivity index (χ3v) is 6.21. The van der Waals surface area contributed by atoms with Gasteiger partial charge < -0.3 is 0 Å². The zero-order chi connectivity index (χ0) is 23.1. The molecule has 33 heavy (non-hydrogen) atoms. The van der Waals surface area contributed by atoms with Gasteiger partial charge in [0.05, 0.1) is 11.0 Å². The van der Waals surface area contributed by atoms with Crippen molar-refractivity contribution in [3.8, 4) is 5.69 Å². The molecule has 0 unspecified atom stereocenters. The lowest BCUT2D eigenvalue weighted by Gasteiger charge is -2.13. The van der Waals surface area contributed by atoms with E-state index in [1.165, 1.54) is 0 Å². The number of benzene rings is 2. The number of aryl methyl sites for hydroxylation is 3. The van der Waals surface area contributed by atoms with Gasteiger partial charge in [-0.05, 0) is 55.7 Å². The second-order valence-corrected chi connectivity index (χ2v) is 8.81. The van der Waals surface area contributed by atoms with Gasteiger partial charge in [-0.15, -0.1) is 0 Å². The Hall–Kier alpha value is -3.54. The van der Waals surface area contributed by atoms with Gasteiger partial charge in [0, 0.05) is 18.7 Å². The largest absolute Gasteiger partial charge is 0.296 e. The minimum atomic E-state index is -0.0225. The summed E-state index contributed by atoms with van der Waals surface area (Å²) in [5.41, 5.74) is 6.74. The summed E-state index contributed by atoms with van der Waals surface area (Å²) in [5, 5.41) is 0.552. The van der Waals surface area contributed by atoms with Gasteiger partial charge in [0.2, 0.25) is 0 Å². The summed E-state index contributed by atoms with van der Waals surface area (Å²) < 4.78 is 3.86. The highest BCUT2D eigenvalue weighted by atomic mass is 16.1. The number of aromatic nitrogens is 5. The fraction of sp³-hybridized carbons (Fsp3) is 0.333. The summed E-state index contributed by atoms with van der Waals surface area (Å²) in [6, 6.07) is 14.2. The number of hydrogen-bond acceptors (Lipinski definition) is 4. The molecular weight excluding hydrogens is 410 g/mol. The molecule has 0 amide bonds. The first-order valence-corrected chi connectivity index (χ1v) is 11.8. The van der Waals surface area contributed by atoms with Crippen LogP contribution in [0.15, 0.2) is 47.3 Å². The number of para-hydroxylation sites is 2. The monoisotopic (exact) mass is 439 g/mol. The molecule has 6 heteroatoms. The van der Waals surface area contributed by atoms with Crippen LogP contribution >= 0.6 is 0 Å². The Bertz CT molecular complexity index is 1540. The van der Waals surface area contributed by atoms with Crippen LogP contribution in [-0.4, -0.2) is 24.1 Å². The van der Waals surface area contributed by atoms with Gasteiger partial charge in [0.15, 0.2) is 11.3 Å². The zero-order valence-electron chi connectivity index (χ0n) is 19.7. The van der Waals surface area contributed by atoms with Crippen molar-refractivity contribution >= 4 is 33.2 Å². The van der Waals surface area contributed by atoms with Crippen LogP contribution in [0.25, 0.3) is 38.9 Å². The van der Waals surface area contributed by atoms with E-state index in [1.54, 1.807) is 0 Å². The first-order chi connectivity index (χ1) is 16.0. The summed E-state index contributed by atoms with van der Waals surface area (Å²) in [5.74, 6) is 0.807. The molecule has 0 fully saturated rings. The van der Waals surface area contributed by atoms with Crippen molar-refractivity contribution < 1.29 is 0 Å². The molecule has 0 aliphatic rings. The Morgan fingerprint density at radius 3 is 2.21 bits per heavy atom. The number of fused-ring (bicyclic) bond motifs is 4. The lowest BCUT2D eigenvalue weighted by atomic mass is 10.1. The summed E-state index contributed by atoms with van der Waals surface area (Å²) in [6.07, 6.45) is 3.84. The van der Waals surface area contributed by atoms with Crippen LogP contribution in [0.3, 0.4) is 0 Å². The Morgan fingerprint density at radius 1 is 0.848 bits per heavy atom. The highest BCUT2D eigenvalue weighted by Gasteiger charge is 2.22. The quantitative estimate of drug-likeness (QED) is 0.321. The maximum absolute atomic E-state index is 13.9. The third-order valence-electron chi connectivity index (χ3n) is 6.21. The van der Waals surface area contributed by atoms with Crippen LogP contribution in [0.4, 0.5) is 0 Å². The van der Waals surface area contributed by atoms with E-state index >= 15 is 0 Å². The Labute approximate surface area is 192 Å². The van der Waals surface area contributed by atoms with Crippen molar-refractivity contribution in [2.24, 2.45) is 0 Å². The lowest BCUT2D eigenvalue weighted by Crippen LogP contribution is -2.25. The van der Waals surface area contributed by atoms with Crippen molar-refractivity contribution in [1.29, 1.82) is 0 Å². The summed E-state index contributed by atoms with van der Waals surface area (Å²) >= 11 is 0.